The van der Waals surface area contributed by atoms with Crippen molar-refractivity contribution in [3.8, 4) is 11.4 Å². The van der Waals surface area contributed by atoms with Crippen LogP contribution in [0.15, 0.2) is 85.5 Å². The second-order valence-electron chi connectivity index (χ2n) is 6.21. The van der Waals surface area contributed by atoms with E-state index in [0.717, 1.165) is 22.5 Å². The lowest BCUT2D eigenvalue weighted by atomic mass is 10.2. The molecule has 0 saturated heterocycles. The maximum Gasteiger partial charge on any atom is 0.224 e. The summed E-state index contributed by atoms with van der Waals surface area (Å²) in [4.78, 5) is 12.2. The quantitative estimate of drug-likeness (QED) is 0.577. The number of amides is 1. The summed E-state index contributed by atoms with van der Waals surface area (Å²) < 4.78 is 3.57. The van der Waals surface area contributed by atoms with Crippen molar-refractivity contribution < 1.29 is 4.79 Å². The largest absolute Gasteiger partial charge is 0.352 e. The van der Waals surface area contributed by atoms with Gasteiger partial charge in [-0.1, -0.05) is 36.4 Å². The van der Waals surface area contributed by atoms with Gasteiger partial charge in [0.1, 0.15) is 0 Å². The zero-order chi connectivity index (χ0) is 18.5. The minimum absolute atomic E-state index is 0.0462. The van der Waals surface area contributed by atoms with Crippen LogP contribution in [0.4, 0.5) is 0 Å². The Bertz CT molecular complexity index is 1020. The van der Waals surface area contributed by atoms with Crippen LogP contribution in [0.1, 0.15) is 11.1 Å². The molecule has 0 aliphatic rings. The van der Waals surface area contributed by atoms with E-state index in [1.54, 1.807) is 21.8 Å². The van der Waals surface area contributed by atoms with Crippen LogP contribution in [-0.2, 0) is 17.8 Å². The first-order valence-electron chi connectivity index (χ1n) is 8.72. The first-order chi connectivity index (χ1) is 13.3. The number of carbonyl (C=O) groups excluding carboxylic acids is 1. The summed E-state index contributed by atoms with van der Waals surface area (Å²) in [6.45, 7) is 0.443. The molecule has 27 heavy (non-hydrogen) atoms. The van der Waals surface area contributed by atoms with Crippen molar-refractivity contribution in [1.82, 2.24) is 24.9 Å². The third-order valence-electron chi connectivity index (χ3n) is 4.17. The summed E-state index contributed by atoms with van der Waals surface area (Å²) in [6.07, 6.45) is 7.58. The molecule has 0 spiro atoms. The van der Waals surface area contributed by atoms with Gasteiger partial charge in [-0.3, -0.25) is 4.79 Å². The number of carbonyl (C=O) groups is 1. The van der Waals surface area contributed by atoms with E-state index in [9.17, 15) is 4.79 Å². The lowest BCUT2D eigenvalue weighted by Gasteiger charge is -2.02. The van der Waals surface area contributed by atoms with Crippen LogP contribution < -0.4 is 5.32 Å². The Kier molecular flexibility index (Phi) is 4.78. The first kappa shape index (κ1) is 16.8. The van der Waals surface area contributed by atoms with Gasteiger partial charge < -0.3 is 5.32 Å². The lowest BCUT2D eigenvalue weighted by Crippen LogP contribution is -2.24. The van der Waals surface area contributed by atoms with Gasteiger partial charge >= 0.3 is 0 Å². The van der Waals surface area contributed by atoms with E-state index in [0.29, 0.717) is 13.0 Å². The van der Waals surface area contributed by atoms with Crippen LogP contribution in [0.25, 0.3) is 11.4 Å². The number of hydrogen-bond donors (Lipinski definition) is 1. The highest BCUT2D eigenvalue weighted by Crippen LogP contribution is 2.09. The molecule has 2 aromatic heterocycles. The van der Waals surface area contributed by atoms with Crippen LogP contribution >= 0.6 is 0 Å². The second kappa shape index (κ2) is 7.70. The van der Waals surface area contributed by atoms with Gasteiger partial charge in [-0.15, -0.1) is 0 Å². The molecule has 6 heteroatoms. The molecule has 134 valence electrons. The molecule has 6 nitrogen and oxygen atoms in total. The molecule has 1 amide bonds. The van der Waals surface area contributed by atoms with Gasteiger partial charge in [-0.25, -0.2) is 9.36 Å². The lowest BCUT2D eigenvalue weighted by molar-refractivity contribution is -0.120. The fourth-order valence-electron chi connectivity index (χ4n) is 2.80. The Hall–Kier alpha value is -3.67. The number of aromatic nitrogens is 4. The van der Waals surface area contributed by atoms with E-state index in [1.165, 1.54) is 0 Å². The smallest absolute Gasteiger partial charge is 0.224 e. The van der Waals surface area contributed by atoms with Gasteiger partial charge in [0.05, 0.1) is 30.2 Å². The highest BCUT2D eigenvalue weighted by atomic mass is 16.1. The van der Waals surface area contributed by atoms with Gasteiger partial charge in [-0.05, 0) is 29.8 Å². The maximum atomic E-state index is 12.2. The maximum absolute atomic E-state index is 12.2. The molecule has 0 unspecified atom stereocenters. The zero-order valence-corrected chi connectivity index (χ0v) is 14.7. The number of nitrogens with one attached hydrogen (secondary N) is 1. The second-order valence-corrected chi connectivity index (χ2v) is 6.21. The molecule has 0 aliphatic heterocycles. The van der Waals surface area contributed by atoms with Gasteiger partial charge in [-0.2, -0.15) is 10.2 Å². The number of hydrogen-bond acceptors (Lipinski definition) is 3. The van der Waals surface area contributed by atoms with Crippen molar-refractivity contribution in [3.63, 3.8) is 0 Å². The van der Waals surface area contributed by atoms with Crippen molar-refractivity contribution in [1.29, 1.82) is 0 Å². The average Bonchev–Trinajstić information content (AvgIpc) is 3.37. The van der Waals surface area contributed by atoms with Crippen LogP contribution in [0.2, 0.25) is 0 Å². The Labute approximate surface area is 157 Å². The van der Waals surface area contributed by atoms with Crippen LogP contribution in [0, 0.1) is 0 Å². The van der Waals surface area contributed by atoms with E-state index in [2.05, 4.69) is 15.5 Å². The first-order valence-corrected chi connectivity index (χ1v) is 8.72. The predicted octanol–water partition coefficient (Wildman–Crippen LogP) is 2.92. The van der Waals surface area contributed by atoms with Gasteiger partial charge in [0, 0.05) is 24.5 Å². The molecule has 2 aromatic carbocycles. The number of para-hydroxylation sites is 2. The molecular weight excluding hydrogens is 338 g/mol. The minimum atomic E-state index is -0.0462. The predicted molar refractivity (Wildman–Crippen MR) is 103 cm³/mol. The van der Waals surface area contributed by atoms with Crippen molar-refractivity contribution in [2.75, 3.05) is 0 Å². The van der Waals surface area contributed by atoms with Crippen molar-refractivity contribution >= 4 is 5.91 Å². The number of nitrogens with zero attached hydrogens (tertiary/aromatic N) is 4. The average molecular weight is 357 g/mol. The molecule has 0 bridgehead atoms. The molecule has 2 heterocycles. The molecule has 1 N–H and O–H groups in total. The highest BCUT2D eigenvalue weighted by molar-refractivity contribution is 5.78. The highest BCUT2D eigenvalue weighted by Gasteiger charge is 2.08. The number of rotatable bonds is 6. The molecule has 4 aromatic rings. The molecule has 0 saturated carbocycles. The Balaban J connectivity index is 1.33. The van der Waals surface area contributed by atoms with E-state index in [1.807, 2.05) is 73.1 Å². The number of benzene rings is 2. The Morgan fingerprint density at radius 1 is 0.778 bits per heavy atom. The summed E-state index contributed by atoms with van der Waals surface area (Å²) in [5, 5.41) is 11.6. The molecular formula is C21H19N5O. The van der Waals surface area contributed by atoms with Gasteiger partial charge in [0.2, 0.25) is 5.91 Å². The Morgan fingerprint density at radius 2 is 1.30 bits per heavy atom. The summed E-state index contributed by atoms with van der Waals surface area (Å²) in [5.41, 5.74) is 3.78. The summed E-state index contributed by atoms with van der Waals surface area (Å²) in [7, 11) is 0. The van der Waals surface area contributed by atoms with Crippen LogP contribution in [-0.4, -0.2) is 25.5 Å². The summed E-state index contributed by atoms with van der Waals surface area (Å²) in [6, 6.07) is 19.7. The topological polar surface area (TPSA) is 64.7 Å². The zero-order valence-electron chi connectivity index (χ0n) is 14.7. The fraction of sp³-hybridized carbons (Fsp3) is 0.0952. The van der Waals surface area contributed by atoms with Crippen molar-refractivity contribution in [2.45, 2.75) is 13.0 Å². The Morgan fingerprint density at radius 3 is 1.89 bits per heavy atom. The summed E-state index contributed by atoms with van der Waals surface area (Å²) >= 11 is 0. The van der Waals surface area contributed by atoms with E-state index in [-0.39, 0.29) is 5.91 Å². The van der Waals surface area contributed by atoms with Crippen LogP contribution in [0.3, 0.4) is 0 Å². The fourth-order valence-corrected chi connectivity index (χ4v) is 2.80. The molecule has 0 radical (unpaired) electrons. The van der Waals surface area contributed by atoms with Crippen LogP contribution in [0.5, 0.6) is 0 Å². The van der Waals surface area contributed by atoms with Crippen molar-refractivity contribution in [3.05, 3.63) is 96.6 Å². The van der Waals surface area contributed by atoms with Gasteiger partial charge in [0.15, 0.2) is 0 Å². The third-order valence-corrected chi connectivity index (χ3v) is 4.17. The summed E-state index contributed by atoms with van der Waals surface area (Å²) in [5.74, 6) is -0.0462. The monoisotopic (exact) mass is 357 g/mol. The molecule has 0 atom stereocenters. The van der Waals surface area contributed by atoms with E-state index >= 15 is 0 Å². The van der Waals surface area contributed by atoms with Gasteiger partial charge in [0.25, 0.3) is 0 Å². The van der Waals surface area contributed by atoms with Crippen molar-refractivity contribution in [2.24, 2.45) is 0 Å². The standard InChI is InChI=1S/C21H19N5O/c27-21(11-17-13-23-25(15-17)19-7-3-1-4-8-19)22-12-18-14-24-26(16-18)20-9-5-2-6-10-20/h1-10,13-16H,11-12H2,(H,22,27). The van der Waals surface area contributed by atoms with E-state index in [4.69, 9.17) is 0 Å². The van der Waals surface area contributed by atoms with E-state index < -0.39 is 0 Å². The third kappa shape index (κ3) is 4.12. The normalized spacial score (nSPS) is 10.7. The minimum Gasteiger partial charge on any atom is -0.352 e. The molecule has 4 rings (SSSR count). The molecule has 0 fully saturated rings. The molecule has 0 aliphatic carbocycles. The SMILES string of the molecule is O=C(Cc1cnn(-c2ccccc2)c1)NCc1cnn(-c2ccccc2)c1.